The molecule has 0 amide bonds. The SMILES string of the molecule is CC[C@@H](NS(=O)(=O)N1CCCCCC1)C(=O)O. The van der Waals surface area contributed by atoms with E-state index in [2.05, 4.69) is 4.72 Å². The number of aliphatic carboxylic acids is 1. The number of hydrogen-bond donors (Lipinski definition) is 2. The predicted molar refractivity (Wildman–Crippen MR) is 63.8 cm³/mol. The van der Waals surface area contributed by atoms with Gasteiger partial charge in [0.05, 0.1) is 0 Å². The number of carbonyl (C=O) groups is 1. The molecular formula is C10H20N2O4S. The van der Waals surface area contributed by atoms with Gasteiger partial charge in [0.25, 0.3) is 10.2 Å². The summed E-state index contributed by atoms with van der Waals surface area (Å²) in [5.41, 5.74) is 0. The van der Waals surface area contributed by atoms with Crippen molar-refractivity contribution in [2.24, 2.45) is 0 Å². The van der Waals surface area contributed by atoms with Gasteiger partial charge in [0.2, 0.25) is 0 Å². The number of rotatable bonds is 5. The zero-order chi connectivity index (χ0) is 12.9. The van der Waals surface area contributed by atoms with Crippen LogP contribution in [0.25, 0.3) is 0 Å². The van der Waals surface area contributed by atoms with E-state index < -0.39 is 22.2 Å². The summed E-state index contributed by atoms with van der Waals surface area (Å²) in [5, 5.41) is 8.85. The molecule has 0 bridgehead atoms. The highest BCUT2D eigenvalue weighted by molar-refractivity contribution is 7.87. The largest absolute Gasteiger partial charge is 0.480 e. The lowest BCUT2D eigenvalue weighted by atomic mass is 10.2. The molecular weight excluding hydrogens is 244 g/mol. The Hall–Kier alpha value is -0.660. The first-order valence-electron chi connectivity index (χ1n) is 5.97. The average molecular weight is 264 g/mol. The molecule has 1 aliphatic rings. The van der Waals surface area contributed by atoms with Crippen LogP contribution in [-0.4, -0.2) is 42.9 Å². The molecule has 17 heavy (non-hydrogen) atoms. The van der Waals surface area contributed by atoms with Crippen LogP contribution in [0.4, 0.5) is 0 Å². The van der Waals surface area contributed by atoms with Crippen molar-refractivity contribution < 1.29 is 18.3 Å². The molecule has 0 aromatic carbocycles. The highest BCUT2D eigenvalue weighted by Crippen LogP contribution is 2.13. The second-order valence-electron chi connectivity index (χ2n) is 4.24. The molecule has 1 rings (SSSR count). The van der Waals surface area contributed by atoms with Crippen molar-refractivity contribution in [1.82, 2.24) is 9.03 Å². The van der Waals surface area contributed by atoms with Gasteiger partial charge in [0, 0.05) is 13.1 Å². The molecule has 7 heteroatoms. The Morgan fingerprint density at radius 3 is 2.24 bits per heavy atom. The maximum atomic E-state index is 12.0. The minimum absolute atomic E-state index is 0.238. The van der Waals surface area contributed by atoms with Crippen LogP contribution in [-0.2, 0) is 15.0 Å². The summed E-state index contributed by atoms with van der Waals surface area (Å²) in [6.07, 6.45) is 3.97. The topological polar surface area (TPSA) is 86.7 Å². The molecule has 0 unspecified atom stereocenters. The average Bonchev–Trinajstić information content (AvgIpc) is 2.54. The highest BCUT2D eigenvalue weighted by atomic mass is 32.2. The van der Waals surface area contributed by atoms with Crippen LogP contribution in [0.1, 0.15) is 39.0 Å². The predicted octanol–water partition coefficient (Wildman–Crippen LogP) is 0.560. The van der Waals surface area contributed by atoms with Crippen LogP contribution in [0, 0.1) is 0 Å². The fourth-order valence-corrected chi connectivity index (χ4v) is 3.36. The van der Waals surface area contributed by atoms with E-state index in [9.17, 15) is 13.2 Å². The van der Waals surface area contributed by atoms with Crippen molar-refractivity contribution in [1.29, 1.82) is 0 Å². The first-order chi connectivity index (χ1) is 7.97. The van der Waals surface area contributed by atoms with E-state index in [-0.39, 0.29) is 6.42 Å². The molecule has 0 spiro atoms. The van der Waals surface area contributed by atoms with Gasteiger partial charge in [-0.05, 0) is 19.3 Å². The van der Waals surface area contributed by atoms with E-state index in [0.29, 0.717) is 13.1 Å². The van der Waals surface area contributed by atoms with Gasteiger partial charge in [0.1, 0.15) is 6.04 Å². The summed E-state index contributed by atoms with van der Waals surface area (Å²) in [4.78, 5) is 10.8. The van der Waals surface area contributed by atoms with Gasteiger partial charge in [-0.25, -0.2) is 0 Å². The van der Waals surface area contributed by atoms with Gasteiger partial charge in [-0.1, -0.05) is 19.8 Å². The molecule has 0 aliphatic carbocycles. The molecule has 0 saturated carbocycles. The van der Waals surface area contributed by atoms with Crippen LogP contribution >= 0.6 is 0 Å². The highest BCUT2D eigenvalue weighted by Gasteiger charge is 2.28. The van der Waals surface area contributed by atoms with Gasteiger partial charge in [-0.2, -0.15) is 17.4 Å². The Morgan fingerprint density at radius 1 is 1.29 bits per heavy atom. The summed E-state index contributed by atoms with van der Waals surface area (Å²) >= 11 is 0. The van der Waals surface area contributed by atoms with Crippen LogP contribution in [0.3, 0.4) is 0 Å². The molecule has 0 aromatic heterocycles. The van der Waals surface area contributed by atoms with Gasteiger partial charge in [0.15, 0.2) is 0 Å². The lowest BCUT2D eigenvalue weighted by Crippen LogP contribution is -2.48. The third kappa shape index (κ3) is 4.25. The zero-order valence-electron chi connectivity index (χ0n) is 10.1. The number of nitrogens with zero attached hydrogens (tertiary/aromatic N) is 1. The molecule has 2 N–H and O–H groups in total. The summed E-state index contributed by atoms with van der Waals surface area (Å²) in [7, 11) is -3.66. The summed E-state index contributed by atoms with van der Waals surface area (Å²) in [5.74, 6) is -1.13. The maximum Gasteiger partial charge on any atom is 0.321 e. The first-order valence-corrected chi connectivity index (χ1v) is 7.41. The molecule has 6 nitrogen and oxygen atoms in total. The Morgan fingerprint density at radius 2 is 1.82 bits per heavy atom. The fourth-order valence-electron chi connectivity index (χ4n) is 1.84. The van der Waals surface area contributed by atoms with Crippen LogP contribution in [0.5, 0.6) is 0 Å². The third-order valence-corrected chi connectivity index (χ3v) is 4.53. The monoisotopic (exact) mass is 264 g/mol. The van der Waals surface area contributed by atoms with E-state index >= 15 is 0 Å². The van der Waals surface area contributed by atoms with E-state index in [1.54, 1.807) is 6.92 Å². The van der Waals surface area contributed by atoms with Gasteiger partial charge >= 0.3 is 5.97 Å². The van der Waals surface area contributed by atoms with Crippen molar-refractivity contribution in [3.8, 4) is 0 Å². The normalized spacial score (nSPS) is 20.8. The third-order valence-electron chi connectivity index (χ3n) is 2.90. The van der Waals surface area contributed by atoms with Gasteiger partial charge in [-0.15, -0.1) is 0 Å². The zero-order valence-corrected chi connectivity index (χ0v) is 10.9. The van der Waals surface area contributed by atoms with E-state index in [1.807, 2.05) is 0 Å². The summed E-state index contributed by atoms with van der Waals surface area (Å²) in [6.45, 7) is 2.60. The molecule has 1 atom stereocenters. The van der Waals surface area contributed by atoms with Crippen molar-refractivity contribution >= 4 is 16.2 Å². The quantitative estimate of drug-likeness (QED) is 0.759. The number of carboxylic acid groups (broad SMARTS) is 1. The van der Waals surface area contributed by atoms with Crippen molar-refractivity contribution in [3.63, 3.8) is 0 Å². The molecule has 1 heterocycles. The van der Waals surface area contributed by atoms with Crippen LogP contribution in [0.2, 0.25) is 0 Å². The molecule has 0 aromatic rings. The molecule has 0 radical (unpaired) electrons. The Labute approximate surface area is 102 Å². The number of nitrogens with one attached hydrogen (secondary N) is 1. The summed E-state index contributed by atoms with van der Waals surface area (Å²) in [6, 6.07) is -1.04. The minimum Gasteiger partial charge on any atom is -0.480 e. The van der Waals surface area contributed by atoms with E-state index in [0.717, 1.165) is 25.7 Å². The van der Waals surface area contributed by atoms with Crippen molar-refractivity contribution in [3.05, 3.63) is 0 Å². The lowest BCUT2D eigenvalue weighted by molar-refractivity contribution is -0.139. The maximum absolute atomic E-state index is 12.0. The smallest absolute Gasteiger partial charge is 0.321 e. The van der Waals surface area contributed by atoms with Gasteiger partial charge in [-0.3, -0.25) is 4.79 Å². The lowest BCUT2D eigenvalue weighted by Gasteiger charge is -2.22. The fraction of sp³-hybridized carbons (Fsp3) is 0.900. The Balaban J connectivity index is 2.68. The molecule has 100 valence electrons. The Kier molecular flexibility index (Phi) is 5.35. The van der Waals surface area contributed by atoms with Crippen molar-refractivity contribution in [2.45, 2.75) is 45.1 Å². The standard InChI is InChI=1S/C10H20N2O4S/c1-2-9(10(13)14)11-17(15,16)12-7-5-3-4-6-8-12/h9,11H,2-8H2,1H3,(H,13,14)/t9-/m1/s1. The minimum atomic E-state index is -3.66. The summed E-state index contributed by atoms with van der Waals surface area (Å²) < 4.78 is 27.5. The second kappa shape index (κ2) is 6.32. The van der Waals surface area contributed by atoms with Crippen molar-refractivity contribution in [2.75, 3.05) is 13.1 Å². The second-order valence-corrected chi connectivity index (χ2v) is 5.94. The molecule has 1 fully saturated rings. The Bertz CT molecular complexity index is 347. The number of hydrogen-bond acceptors (Lipinski definition) is 3. The van der Waals surface area contributed by atoms with E-state index in [1.165, 1.54) is 4.31 Å². The van der Waals surface area contributed by atoms with Crippen LogP contribution in [0.15, 0.2) is 0 Å². The first kappa shape index (κ1) is 14.4. The van der Waals surface area contributed by atoms with E-state index in [4.69, 9.17) is 5.11 Å². The van der Waals surface area contributed by atoms with Gasteiger partial charge < -0.3 is 5.11 Å². The van der Waals surface area contributed by atoms with Crippen LogP contribution < -0.4 is 4.72 Å². The molecule has 1 aliphatic heterocycles. The molecule has 1 saturated heterocycles. The number of carboxylic acids is 1.